The second kappa shape index (κ2) is 4.85. The first-order valence-electron chi connectivity index (χ1n) is 5.85. The highest BCUT2D eigenvalue weighted by molar-refractivity contribution is 5.73. The smallest absolute Gasteiger partial charge is 0.192 e. The van der Waals surface area contributed by atoms with E-state index in [1.807, 2.05) is 19.9 Å². The van der Waals surface area contributed by atoms with Crippen molar-refractivity contribution in [3.8, 4) is 0 Å². The summed E-state index contributed by atoms with van der Waals surface area (Å²) in [7, 11) is 2.07. The average Bonchev–Trinajstić information content (AvgIpc) is 2.55. The van der Waals surface area contributed by atoms with Crippen LogP contribution in [-0.2, 0) is 6.54 Å². The SMILES string of the molecule is Cc1nc2cc(CN(C)CC(C)N)ccc2o1. The van der Waals surface area contributed by atoms with Crippen LogP contribution in [0, 0.1) is 6.92 Å². The first-order valence-corrected chi connectivity index (χ1v) is 5.85. The zero-order chi connectivity index (χ0) is 12.4. The van der Waals surface area contributed by atoms with Crippen LogP contribution in [0.3, 0.4) is 0 Å². The number of hydrogen-bond acceptors (Lipinski definition) is 4. The molecule has 0 aliphatic carbocycles. The van der Waals surface area contributed by atoms with Crippen LogP contribution in [0.1, 0.15) is 18.4 Å². The Kier molecular flexibility index (Phi) is 3.45. The predicted molar refractivity (Wildman–Crippen MR) is 68.7 cm³/mol. The standard InChI is InChI=1S/C13H19N3O/c1-9(14)7-16(3)8-11-4-5-13-12(6-11)15-10(2)17-13/h4-6,9H,7-8,14H2,1-3H3. The lowest BCUT2D eigenvalue weighted by Gasteiger charge is -2.18. The van der Waals surface area contributed by atoms with Gasteiger partial charge in [-0.1, -0.05) is 6.07 Å². The van der Waals surface area contributed by atoms with Gasteiger partial charge in [0.2, 0.25) is 0 Å². The second-order valence-corrected chi connectivity index (χ2v) is 4.71. The fraction of sp³-hybridized carbons (Fsp3) is 0.462. The molecular formula is C13H19N3O. The molecule has 0 bridgehead atoms. The van der Waals surface area contributed by atoms with Crippen molar-refractivity contribution < 1.29 is 4.42 Å². The zero-order valence-corrected chi connectivity index (χ0v) is 10.6. The lowest BCUT2D eigenvalue weighted by Crippen LogP contribution is -2.32. The number of oxazole rings is 1. The molecule has 2 rings (SSSR count). The molecule has 0 saturated carbocycles. The van der Waals surface area contributed by atoms with E-state index in [-0.39, 0.29) is 6.04 Å². The number of nitrogens with zero attached hydrogens (tertiary/aromatic N) is 2. The number of hydrogen-bond donors (Lipinski definition) is 1. The highest BCUT2D eigenvalue weighted by Crippen LogP contribution is 2.17. The second-order valence-electron chi connectivity index (χ2n) is 4.71. The normalized spacial score (nSPS) is 13.5. The van der Waals surface area contributed by atoms with E-state index in [9.17, 15) is 0 Å². The van der Waals surface area contributed by atoms with Crippen molar-refractivity contribution in [1.82, 2.24) is 9.88 Å². The Balaban J connectivity index is 2.13. The minimum Gasteiger partial charge on any atom is -0.441 e. The lowest BCUT2D eigenvalue weighted by atomic mass is 10.2. The van der Waals surface area contributed by atoms with Crippen molar-refractivity contribution in [3.05, 3.63) is 29.7 Å². The molecule has 1 aromatic carbocycles. The highest BCUT2D eigenvalue weighted by atomic mass is 16.3. The molecule has 0 amide bonds. The fourth-order valence-corrected chi connectivity index (χ4v) is 2.05. The maximum atomic E-state index is 5.77. The molecule has 17 heavy (non-hydrogen) atoms. The summed E-state index contributed by atoms with van der Waals surface area (Å²) < 4.78 is 5.45. The van der Waals surface area contributed by atoms with Crippen LogP contribution in [0.15, 0.2) is 22.6 Å². The minimum atomic E-state index is 0.193. The maximum absolute atomic E-state index is 5.77. The summed E-state index contributed by atoms with van der Waals surface area (Å²) >= 11 is 0. The lowest BCUT2D eigenvalue weighted by molar-refractivity contribution is 0.310. The summed E-state index contributed by atoms with van der Waals surface area (Å²) in [5.74, 6) is 0.709. The summed E-state index contributed by atoms with van der Waals surface area (Å²) in [5.41, 5.74) is 8.78. The number of fused-ring (bicyclic) bond motifs is 1. The Labute approximate surface area is 101 Å². The third kappa shape index (κ3) is 3.05. The number of benzene rings is 1. The first-order chi connectivity index (χ1) is 8.04. The van der Waals surface area contributed by atoms with Crippen molar-refractivity contribution in [3.63, 3.8) is 0 Å². The van der Waals surface area contributed by atoms with Gasteiger partial charge in [-0.2, -0.15) is 0 Å². The van der Waals surface area contributed by atoms with E-state index in [0.717, 1.165) is 24.2 Å². The molecular weight excluding hydrogens is 214 g/mol. The van der Waals surface area contributed by atoms with Crippen molar-refractivity contribution in [2.24, 2.45) is 5.73 Å². The molecule has 4 heteroatoms. The van der Waals surface area contributed by atoms with E-state index in [4.69, 9.17) is 10.2 Å². The van der Waals surface area contributed by atoms with Crippen LogP contribution in [0.25, 0.3) is 11.1 Å². The van der Waals surface area contributed by atoms with E-state index in [2.05, 4.69) is 29.1 Å². The molecule has 92 valence electrons. The molecule has 1 heterocycles. The Bertz CT molecular complexity index is 504. The predicted octanol–water partition coefficient (Wildman–Crippen LogP) is 1.92. The molecule has 1 unspecified atom stereocenters. The van der Waals surface area contributed by atoms with Gasteiger partial charge in [-0.15, -0.1) is 0 Å². The molecule has 4 nitrogen and oxygen atoms in total. The number of likely N-dealkylation sites (N-methyl/N-ethyl adjacent to an activating group) is 1. The van der Waals surface area contributed by atoms with Gasteiger partial charge in [0.05, 0.1) is 0 Å². The maximum Gasteiger partial charge on any atom is 0.192 e. The highest BCUT2D eigenvalue weighted by Gasteiger charge is 2.06. The van der Waals surface area contributed by atoms with E-state index in [0.29, 0.717) is 5.89 Å². The van der Waals surface area contributed by atoms with E-state index < -0.39 is 0 Å². The van der Waals surface area contributed by atoms with Gasteiger partial charge in [-0.3, -0.25) is 0 Å². The molecule has 0 aliphatic rings. The third-order valence-electron chi connectivity index (χ3n) is 2.61. The largest absolute Gasteiger partial charge is 0.441 e. The van der Waals surface area contributed by atoms with Gasteiger partial charge in [0, 0.05) is 26.1 Å². The molecule has 0 fully saturated rings. The van der Waals surface area contributed by atoms with Crippen LogP contribution >= 0.6 is 0 Å². The molecule has 0 aliphatic heterocycles. The van der Waals surface area contributed by atoms with E-state index >= 15 is 0 Å². The van der Waals surface area contributed by atoms with Crippen molar-refractivity contribution in [2.45, 2.75) is 26.4 Å². The van der Waals surface area contributed by atoms with Gasteiger partial charge in [-0.05, 0) is 31.7 Å². The van der Waals surface area contributed by atoms with Crippen LogP contribution < -0.4 is 5.73 Å². The molecule has 2 N–H and O–H groups in total. The summed E-state index contributed by atoms with van der Waals surface area (Å²) in [6.07, 6.45) is 0. The molecule has 0 spiro atoms. The van der Waals surface area contributed by atoms with Crippen LogP contribution in [-0.4, -0.2) is 29.5 Å². The molecule has 2 aromatic rings. The molecule has 1 aromatic heterocycles. The first kappa shape index (κ1) is 12.1. The topological polar surface area (TPSA) is 55.3 Å². The van der Waals surface area contributed by atoms with Crippen LogP contribution in [0.2, 0.25) is 0 Å². The molecule has 0 radical (unpaired) electrons. The van der Waals surface area contributed by atoms with E-state index in [1.165, 1.54) is 5.56 Å². The Morgan fingerprint density at radius 2 is 2.24 bits per heavy atom. The van der Waals surface area contributed by atoms with Crippen LogP contribution in [0.5, 0.6) is 0 Å². The fourth-order valence-electron chi connectivity index (χ4n) is 2.05. The Morgan fingerprint density at radius 1 is 1.47 bits per heavy atom. The number of aromatic nitrogens is 1. The minimum absolute atomic E-state index is 0.193. The number of aryl methyl sites for hydroxylation is 1. The van der Waals surface area contributed by atoms with Crippen LogP contribution in [0.4, 0.5) is 0 Å². The van der Waals surface area contributed by atoms with Gasteiger partial charge in [0.15, 0.2) is 11.5 Å². The monoisotopic (exact) mass is 233 g/mol. The quantitative estimate of drug-likeness (QED) is 0.876. The third-order valence-corrected chi connectivity index (χ3v) is 2.61. The van der Waals surface area contributed by atoms with Gasteiger partial charge in [0.1, 0.15) is 5.52 Å². The molecule has 0 saturated heterocycles. The zero-order valence-electron chi connectivity index (χ0n) is 10.6. The van der Waals surface area contributed by atoms with Gasteiger partial charge < -0.3 is 15.1 Å². The van der Waals surface area contributed by atoms with Crippen molar-refractivity contribution in [1.29, 1.82) is 0 Å². The average molecular weight is 233 g/mol. The van der Waals surface area contributed by atoms with E-state index in [1.54, 1.807) is 0 Å². The number of rotatable bonds is 4. The van der Waals surface area contributed by atoms with Crippen molar-refractivity contribution in [2.75, 3.05) is 13.6 Å². The summed E-state index contributed by atoms with van der Waals surface area (Å²) in [4.78, 5) is 6.54. The summed E-state index contributed by atoms with van der Waals surface area (Å²) in [6.45, 7) is 5.64. The number of nitrogens with two attached hydrogens (primary N) is 1. The van der Waals surface area contributed by atoms with Gasteiger partial charge in [0.25, 0.3) is 0 Å². The molecule has 1 atom stereocenters. The summed E-state index contributed by atoms with van der Waals surface area (Å²) in [6, 6.07) is 6.32. The van der Waals surface area contributed by atoms with Gasteiger partial charge >= 0.3 is 0 Å². The van der Waals surface area contributed by atoms with Gasteiger partial charge in [-0.25, -0.2) is 4.98 Å². The van der Waals surface area contributed by atoms with Crippen molar-refractivity contribution >= 4 is 11.1 Å². The Morgan fingerprint density at radius 3 is 2.94 bits per heavy atom. The Hall–Kier alpha value is -1.39. The summed E-state index contributed by atoms with van der Waals surface area (Å²) in [5, 5.41) is 0.